The Bertz CT molecular complexity index is 1180. The van der Waals surface area contributed by atoms with Gasteiger partial charge in [-0.1, -0.05) is 38.1 Å². The van der Waals surface area contributed by atoms with Gasteiger partial charge in [-0.25, -0.2) is 4.98 Å². The predicted molar refractivity (Wildman–Crippen MR) is 112 cm³/mol. The van der Waals surface area contributed by atoms with Crippen LogP contribution in [0.4, 0.5) is 0 Å². The number of para-hydroxylation sites is 1. The Balaban J connectivity index is 1.89. The molecule has 29 heavy (non-hydrogen) atoms. The molecule has 6 nitrogen and oxygen atoms in total. The molecule has 0 bridgehead atoms. The molecule has 4 rings (SSSR count). The van der Waals surface area contributed by atoms with E-state index in [1.54, 1.807) is 18.5 Å². The van der Waals surface area contributed by atoms with Crippen LogP contribution in [-0.2, 0) is 0 Å². The summed E-state index contributed by atoms with van der Waals surface area (Å²) in [5.74, 6) is 1.04. The van der Waals surface area contributed by atoms with Crippen molar-refractivity contribution in [3.63, 3.8) is 0 Å². The van der Waals surface area contributed by atoms with E-state index in [-0.39, 0.29) is 0 Å². The highest BCUT2D eigenvalue weighted by molar-refractivity contribution is 7.99. The Kier molecular flexibility index (Phi) is 5.36. The topological polar surface area (TPSA) is 80.3 Å². The van der Waals surface area contributed by atoms with Crippen LogP contribution < -0.4 is 0 Å². The molecular weight excluding hydrogens is 380 g/mol. The van der Waals surface area contributed by atoms with E-state index in [2.05, 4.69) is 52.2 Å². The molecule has 0 fully saturated rings. The lowest BCUT2D eigenvalue weighted by Gasteiger charge is -2.16. The minimum Gasteiger partial charge on any atom is -0.269 e. The fourth-order valence-electron chi connectivity index (χ4n) is 3.04. The summed E-state index contributed by atoms with van der Waals surface area (Å²) in [6.07, 6.45) is 3.51. The molecule has 0 radical (unpaired) electrons. The molecule has 0 atom stereocenters. The van der Waals surface area contributed by atoms with Crippen molar-refractivity contribution < 1.29 is 0 Å². The van der Waals surface area contributed by atoms with Gasteiger partial charge in [0.25, 0.3) is 0 Å². The van der Waals surface area contributed by atoms with E-state index in [1.807, 2.05) is 41.0 Å². The Morgan fingerprint density at radius 1 is 1.00 bits per heavy atom. The van der Waals surface area contributed by atoms with Gasteiger partial charge in [0.1, 0.15) is 16.8 Å². The molecule has 0 unspecified atom stereocenters. The maximum absolute atomic E-state index is 9.15. The first kappa shape index (κ1) is 18.8. The summed E-state index contributed by atoms with van der Waals surface area (Å²) in [6, 6.07) is 19.5. The van der Waals surface area contributed by atoms with Crippen LogP contribution in [0.1, 0.15) is 31.0 Å². The van der Waals surface area contributed by atoms with Crippen molar-refractivity contribution in [3.05, 3.63) is 78.2 Å². The average molecular weight is 398 g/mol. The van der Waals surface area contributed by atoms with Crippen LogP contribution in [-0.4, -0.2) is 24.7 Å². The fraction of sp³-hybridized carbons (Fsp3) is 0.136. The first-order valence-corrected chi connectivity index (χ1v) is 9.99. The van der Waals surface area contributed by atoms with Crippen LogP contribution in [0.3, 0.4) is 0 Å². The van der Waals surface area contributed by atoms with Gasteiger partial charge in [-0.15, -0.1) is 10.2 Å². The molecule has 4 aromatic rings. The van der Waals surface area contributed by atoms with Crippen molar-refractivity contribution in [3.8, 4) is 23.1 Å². The van der Waals surface area contributed by atoms with E-state index in [0.29, 0.717) is 27.6 Å². The smallest absolute Gasteiger partial charge is 0.202 e. The quantitative estimate of drug-likeness (QED) is 0.477. The SMILES string of the molecule is CC(C)c1ccccc1-n1c(Sc2cccc(C#N)n2)nnc1-c1cccnc1. The van der Waals surface area contributed by atoms with Crippen LogP contribution in [0.2, 0.25) is 0 Å². The minimum atomic E-state index is 0.327. The van der Waals surface area contributed by atoms with Crippen molar-refractivity contribution in [2.24, 2.45) is 0 Å². The highest BCUT2D eigenvalue weighted by Gasteiger charge is 2.20. The van der Waals surface area contributed by atoms with Gasteiger partial charge >= 0.3 is 0 Å². The maximum atomic E-state index is 9.15. The van der Waals surface area contributed by atoms with Crippen LogP contribution >= 0.6 is 11.8 Å². The third-order valence-electron chi connectivity index (χ3n) is 4.39. The van der Waals surface area contributed by atoms with E-state index in [9.17, 15) is 0 Å². The van der Waals surface area contributed by atoms with Crippen LogP contribution in [0.5, 0.6) is 0 Å². The highest BCUT2D eigenvalue weighted by Crippen LogP contribution is 2.34. The molecule has 142 valence electrons. The normalized spacial score (nSPS) is 10.8. The van der Waals surface area contributed by atoms with Gasteiger partial charge < -0.3 is 0 Å². The van der Waals surface area contributed by atoms with Crippen molar-refractivity contribution in [2.75, 3.05) is 0 Å². The van der Waals surface area contributed by atoms with Crippen LogP contribution in [0.15, 0.2) is 77.2 Å². The molecule has 0 aliphatic rings. The van der Waals surface area contributed by atoms with E-state index in [1.165, 1.54) is 17.3 Å². The summed E-state index contributed by atoms with van der Waals surface area (Å²) in [6.45, 7) is 4.33. The monoisotopic (exact) mass is 398 g/mol. The van der Waals surface area contributed by atoms with E-state index < -0.39 is 0 Å². The van der Waals surface area contributed by atoms with Crippen LogP contribution in [0, 0.1) is 11.3 Å². The minimum absolute atomic E-state index is 0.327. The molecule has 1 aromatic carbocycles. The Labute approximate surface area is 173 Å². The highest BCUT2D eigenvalue weighted by atomic mass is 32.2. The average Bonchev–Trinajstić information content (AvgIpc) is 3.17. The van der Waals surface area contributed by atoms with E-state index in [4.69, 9.17) is 5.26 Å². The second kappa shape index (κ2) is 8.25. The number of hydrogen-bond acceptors (Lipinski definition) is 6. The lowest BCUT2D eigenvalue weighted by atomic mass is 10.0. The Morgan fingerprint density at radius 2 is 1.86 bits per heavy atom. The van der Waals surface area contributed by atoms with E-state index in [0.717, 1.165) is 11.3 Å². The summed E-state index contributed by atoms with van der Waals surface area (Å²) in [5.41, 5.74) is 3.46. The number of nitrogens with zero attached hydrogens (tertiary/aromatic N) is 6. The predicted octanol–water partition coefficient (Wildman–Crippen LogP) is 4.87. The number of rotatable bonds is 5. The largest absolute Gasteiger partial charge is 0.269 e. The summed E-state index contributed by atoms with van der Waals surface area (Å²) in [5, 5.41) is 19.4. The van der Waals surface area contributed by atoms with Crippen molar-refractivity contribution in [1.29, 1.82) is 5.26 Å². The molecular formula is C22H18N6S. The zero-order valence-corrected chi connectivity index (χ0v) is 16.8. The molecule has 3 aromatic heterocycles. The van der Waals surface area contributed by atoms with Crippen molar-refractivity contribution in [2.45, 2.75) is 29.9 Å². The van der Waals surface area contributed by atoms with Gasteiger partial charge in [0.15, 0.2) is 5.82 Å². The van der Waals surface area contributed by atoms with Crippen LogP contribution in [0.25, 0.3) is 17.1 Å². The molecule has 0 saturated heterocycles. The molecule has 0 aliphatic carbocycles. The molecule has 0 spiro atoms. The summed E-state index contributed by atoms with van der Waals surface area (Å²) in [4.78, 5) is 8.60. The Hall–Kier alpha value is -3.50. The number of hydrogen-bond donors (Lipinski definition) is 0. The third-order valence-corrected chi connectivity index (χ3v) is 5.27. The second-order valence-electron chi connectivity index (χ2n) is 6.67. The summed E-state index contributed by atoms with van der Waals surface area (Å²) >= 11 is 1.38. The van der Waals surface area contributed by atoms with Gasteiger partial charge in [0.2, 0.25) is 5.16 Å². The Morgan fingerprint density at radius 3 is 2.62 bits per heavy atom. The first-order valence-electron chi connectivity index (χ1n) is 9.17. The number of nitriles is 1. The van der Waals surface area contributed by atoms with Crippen molar-refractivity contribution >= 4 is 11.8 Å². The molecule has 0 N–H and O–H groups in total. The van der Waals surface area contributed by atoms with Gasteiger partial charge in [0.05, 0.1) is 5.69 Å². The molecule has 0 amide bonds. The van der Waals surface area contributed by atoms with Gasteiger partial charge in [-0.05, 0) is 53.6 Å². The first-order chi connectivity index (χ1) is 14.2. The van der Waals surface area contributed by atoms with Gasteiger partial charge in [-0.3, -0.25) is 9.55 Å². The standard InChI is InChI=1S/C22H18N6S/c1-15(2)18-9-3-4-10-19(18)28-21(16-7-6-12-24-14-16)26-27-22(28)29-20-11-5-8-17(13-23)25-20/h3-12,14-15H,1-2H3. The zero-order chi connectivity index (χ0) is 20.2. The lowest BCUT2D eigenvalue weighted by Crippen LogP contribution is -2.05. The molecule has 7 heteroatoms. The van der Waals surface area contributed by atoms with Crippen molar-refractivity contribution in [1.82, 2.24) is 24.7 Å². The molecule has 0 saturated carbocycles. The van der Waals surface area contributed by atoms with Gasteiger partial charge in [-0.2, -0.15) is 5.26 Å². The molecule has 3 heterocycles. The number of aromatic nitrogens is 5. The number of benzene rings is 1. The summed E-state index contributed by atoms with van der Waals surface area (Å²) in [7, 11) is 0. The lowest BCUT2D eigenvalue weighted by molar-refractivity contribution is 0.818. The van der Waals surface area contributed by atoms with Gasteiger partial charge in [0, 0.05) is 18.0 Å². The summed E-state index contributed by atoms with van der Waals surface area (Å²) < 4.78 is 2.04. The van der Waals surface area contributed by atoms with E-state index >= 15 is 0 Å². The maximum Gasteiger partial charge on any atom is 0.202 e. The number of pyridine rings is 2. The zero-order valence-electron chi connectivity index (χ0n) is 16.0. The second-order valence-corrected chi connectivity index (χ2v) is 7.66. The molecule has 0 aliphatic heterocycles. The third kappa shape index (κ3) is 3.89. The fourth-order valence-corrected chi connectivity index (χ4v) is 3.88.